The molecule has 0 saturated heterocycles. The molecule has 1 unspecified atom stereocenters. The van der Waals surface area contributed by atoms with Crippen LogP contribution in [-0.4, -0.2) is 33.8 Å². The number of carbonyl (C=O) groups is 1. The zero-order valence-electron chi connectivity index (χ0n) is 8.77. The second-order valence-electron chi connectivity index (χ2n) is 3.41. The molecule has 0 aliphatic carbocycles. The molecule has 0 fully saturated rings. The first-order valence-electron chi connectivity index (χ1n) is 4.81. The van der Waals surface area contributed by atoms with Crippen molar-refractivity contribution in [2.75, 3.05) is 11.9 Å². The number of aliphatic hydroxyl groups is 1. The minimum absolute atomic E-state index is 0.00960. The van der Waals surface area contributed by atoms with Crippen LogP contribution in [0.2, 0.25) is 5.02 Å². The van der Waals surface area contributed by atoms with Crippen LogP contribution < -0.4 is 5.32 Å². The lowest BCUT2D eigenvalue weighted by Gasteiger charge is -2.13. The summed E-state index contributed by atoms with van der Waals surface area (Å²) in [5.41, 5.74) is 0.00960. The zero-order chi connectivity index (χ0) is 12.1. The lowest BCUT2D eigenvalue weighted by atomic mass is 10.2. The molecule has 16 heavy (non-hydrogen) atoms. The van der Waals surface area contributed by atoms with Gasteiger partial charge < -0.3 is 15.5 Å². The summed E-state index contributed by atoms with van der Waals surface area (Å²) < 4.78 is 0. The van der Waals surface area contributed by atoms with Crippen LogP contribution in [0.4, 0.5) is 5.82 Å². The van der Waals surface area contributed by atoms with E-state index in [9.17, 15) is 4.79 Å². The van der Waals surface area contributed by atoms with Crippen molar-refractivity contribution in [2.24, 2.45) is 0 Å². The van der Waals surface area contributed by atoms with Crippen LogP contribution in [0.1, 0.15) is 23.7 Å². The van der Waals surface area contributed by atoms with Gasteiger partial charge in [0, 0.05) is 18.8 Å². The monoisotopic (exact) mass is 244 g/mol. The summed E-state index contributed by atoms with van der Waals surface area (Å²) in [6.45, 7) is 1.93. The Morgan fingerprint density at radius 2 is 2.38 bits per heavy atom. The molecule has 0 saturated carbocycles. The normalized spacial score (nSPS) is 12.2. The van der Waals surface area contributed by atoms with Crippen LogP contribution in [0, 0.1) is 0 Å². The number of aromatic carboxylic acids is 1. The largest absolute Gasteiger partial charge is 0.478 e. The number of anilines is 1. The maximum atomic E-state index is 10.8. The molecule has 0 radical (unpaired) electrons. The Labute approximate surface area is 98.1 Å². The van der Waals surface area contributed by atoms with Crippen molar-refractivity contribution in [1.82, 2.24) is 4.98 Å². The van der Waals surface area contributed by atoms with E-state index in [4.69, 9.17) is 21.8 Å². The molecular weight excluding hydrogens is 232 g/mol. The van der Waals surface area contributed by atoms with Crippen molar-refractivity contribution >= 4 is 23.4 Å². The molecule has 0 aliphatic heterocycles. The zero-order valence-corrected chi connectivity index (χ0v) is 9.53. The third kappa shape index (κ3) is 3.36. The third-order valence-corrected chi connectivity index (χ3v) is 2.34. The number of halogens is 1. The predicted molar refractivity (Wildman–Crippen MR) is 61.0 cm³/mol. The quantitative estimate of drug-likeness (QED) is 0.733. The van der Waals surface area contributed by atoms with Gasteiger partial charge in [-0.25, -0.2) is 9.78 Å². The summed E-state index contributed by atoms with van der Waals surface area (Å²) in [4.78, 5) is 14.8. The van der Waals surface area contributed by atoms with E-state index in [2.05, 4.69) is 10.3 Å². The minimum atomic E-state index is -1.09. The molecule has 88 valence electrons. The Kier molecular flexibility index (Phi) is 4.52. The molecule has 1 atom stereocenters. The summed E-state index contributed by atoms with van der Waals surface area (Å²) in [6, 6.07) is 1.39. The molecule has 0 bridgehead atoms. The van der Waals surface area contributed by atoms with Gasteiger partial charge in [-0.15, -0.1) is 0 Å². The summed E-state index contributed by atoms with van der Waals surface area (Å²) in [5.74, 6) is -0.659. The number of nitrogens with one attached hydrogen (secondary N) is 1. The highest BCUT2D eigenvalue weighted by Crippen LogP contribution is 2.18. The summed E-state index contributed by atoms with van der Waals surface area (Å²) in [7, 11) is 0. The molecule has 5 nitrogen and oxygen atoms in total. The van der Waals surface area contributed by atoms with Gasteiger partial charge in [-0.05, 0) is 19.4 Å². The minimum Gasteiger partial charge on any atom is -0.478 e. The van der Waals surface area contributed by atoms with Gasteiger partial charge in [0.15, 0.2) is 0 Å². The summed E-state index contributed by atoms with van der Waals surface area (Å²) in [5, 5.41) is 20.7. The highest BCUT2D eigenvalue weighted by Gasteiger charge is 2.11. The number of carboxylic acid groups (broad SMARTS) is 1. The molecule has 3 N–H and O–H groups in total. The highest BCUT2D eigenvalue weighted by atomic mass is 35.5. The average molecular weight is 245 g/mol. The van der Waals surface area contributed by atoms with E-state index in [1.54, 1.807) is 0 Å². The smallest absolute Gasteiger partial charge is 0.337 e. The standard InChI is InChI=1S/C10H13ClN2O3/c1-6(2-3-14)13-9-4-7(10(15)16)8(11)5-12-9/h4-6,14H,2-3H2,1H3,(H,12,13)(H,15,16). The second kappa shape index (κ2) is 5.67. The van der Waals surface area contributed by atoms with Crippen LogP contribution in [0.25, 0.3) is 0 Å². The second-order valence-corrected chi connectivity index (χ2v) is 3.82. The van der Waals surface area contributed by atoms with Gasteiger partial charge in [0.2, 0.25) is 0 Å². The number of carboxylic acids is 1. The van der Waals surface area contributed by atoms with Crippen molar-refractivity contribution in [2.45, 2.75) is 19.4 Å². The number of pyridine rings is 1. The number of hydrogen-bond donors (Lipinski definition) is 3. The van der Waals surface area contributed by atoms with E-state index in [0.29, 0.717) is 12.2 Å². The topological polar surface area (TPSA) is 82.5 Å². The number of aliphatic hydroxyl groups excluding tert-OH is 1. The van der Waals surface area contributed by atoms with E-state index < -0.39 is 5.97 Å². The molecule has 1 aromatic rings. The van der Waals surface area contributed by atoms with Crippen molar-refractivity contribution in [3.05, 3.63) is 22.8 Å². The summed E-state index contributed by atoms with van der Waals surface area (Å²) in [6.07, 6.45) is 1.85. The molecule has 0 spiro atoms. The lowest BCUT2D eigenvalue weighted by Crippen LogP contribution is -2.17. The average Bonchev–Trinajstić information content (AvgIpc) is 2.21. The Morgan fingerprint density at radius 3 is 2.94 bits per heavy atom. The van der Waals surface area contributed by atoms with E-state index in [1.165, 1.54) is 12.3 Å². The van der Waals surface area contributed by atoms with Crippen molar-refractivity contribution in [3.63, 3.8) is 0 Å². The van der Waals surface area contributed by atoms with Crippen molar-refractivity contribution in [3.8, 4) is 0 Å². The number of hydrogen-bond acceptors (Lipinski definition) is 4. The maximum Gasteiger partial charge on any atom is 0.337 e. The number of nitrogens with zero attached hydrogens (tertiary/aromatic N) is 1. The van der Waals surface area contributed by atoms with Gasteiger partial charge in [0.25, 0.3) is 0 Å². The first-order chi connectivity index (χ1) is 7.54. The fourth-order valence-corrected chi connectivity index (χ4v) is 1.38. The van der Waals surface area contributed by atoms with Crippen LogP contribution >= 0.6 is 11.6 Å². The molecule has 6 heteroatoms. The Morgan fingerprint density at radius 1 is 1.69 bits per heavy atom. The summed E-state index contributed by atoms with van der Waals surface area (Å²) >= 11 is 5.68. The first-order valence-corrected chi connectivity index (χ1v) is 5.18. The van der Waals surface area contributed by atoms with Crippen molar-refractivity contribution in [1.29, 1.82) is 0 Å². The van der Waals surface area contributed by atoms with Crippen LogP contribution in [-0.2, 0) is 0 Å². The van der Waals surface area contributed by atoms with E-state index in [0.717, 1.165) is 0 Å². The fraction of sp³-hybridized carbons (Fsp3) is 0.400. The molecule has 1 heterocycles. The van der Waals surface area contributed by atoms with Crippen LogP contribution in [0.15, 0.2) is 12.3 Å². The van der Waals surface area contributed by atoms with E-state index in [-0.39, 0.29) is 23.2 Å². The van der Waals surface area contributed by atoms with Crippen LogP contribution in [0.5, 0.6) is 0 Å². The van der Waals surface area contributed by atoms with Gasteiger partial charge in [-0.3, -0.25) is 0 Å². The van der Waals surface area contributed by atoms with Crippen LogP contribution in [0.3, 0.4) is 0 Å². The molecule has 0 aliphatic rings. The lowest BCUT2D eigenvalue weighted by molar-refractivity contribution is 0.0697. The van der Waals surface area contributed by atoms with E-state index >= 15 is 0 Å². The van der Waals surface area contributed by atoms with Crippen molar-refractivity contribution < 1.29 is 15.0 Å². The molecule has 1 rings (SSSR count). The highest BCUT2D eigenvalue weighted by molar-refractivity contribution is 6.33. The van der Waals surface area contributed by atoms with E-state index in [1.807, 2.05) is 6.92 Å². The number of aromatic nitrogens is 1. The van der Waals surface area contributed by atoms with Gasteiger partial charge in [0.1, 0.15) is 5.82 Å². The Balaban J connectivity index is 2.82. The van der Waals surface area contributed by atoms with Gasteiger partial charge in [-0.2, -0.15) is 0 Å². The maximum absolute atomic E-state index is 10.8. The number of rotatable bonds is 5. The Hall–Kier alpha value is -1.33. The molecule has 0 aromatic carbocycles. The van der Waals surface area contributed by atoms with Gasteiger partial charge in [-0.1, -0.05) is 11.6 Å². The van der Waals surface area contributed by atoms with Gasteiger partial charge >= 0.3 is 5.97 Å². The molecular formula is C10H13ClN2O3. The van der Waals surface area contributed by atoms with Gasteiger partial charge in [0.05, 0.1) is 10.6 Å². The SMILES string of the molecule is CC(CCO)Nc1cc(C(=O)O)c(Cl)cn1. The molecule has 0 amide bonds. The fourth-order valence-electron chi connectivity index (χ4n) is 1.20. The predicted octanol–water partition coefficient (Wildman–Crippen LogP) is 1.62. The first kappa shape index (κ1) is 12.7. The Bertz CT molecular complexity index is 384. The third-order valence-electron chi connectivity index (χ3n) is 2.04. The molecule has 1 aromatic heterocycles.